The fourth-order valence-electron chi connectivity index (χ4n) is 4.79. The van der Waals surface area contributed by atoms with Crippen LogP contribution in [0.15, 0.2) is 53.3 Å². The molecule has 8 heteroatoms. The molecule has 1 atom stereocenters. The summed E-state index contributed by atoms with van der Waals surface area (Å²) in [6.07, 6.45) is 1.25. The molecule has 0 bridgehead atoms. The number of anilines is 1. The summed E-state index contributed by atoms with van der Waals surface area (Å²) in [5.74, 6) is 2.16. The molecule has 8 nitrogen and oxygen atoms in total. The minimum Gasteiger partial charge on any atom is -0.497 e. The Bertz CT molecular complexity index is 1350. The molecule has 2 N–H and O–H groups in total. The minimum atomic E-state index is -0.351. The number of hydrogen-bond donors (Lipinski definition) is 2. The van der Waals surface area contributed by atoms with Gasteiger partial charge in [0.1, 0.15) is 5.75 Å². The predicted molar refractivity (Wildman–Crippen MR) is 143 cm³/mol. The third kappa shape index (κ3) is 5.33. The normalized spacial score (nSPS) is 13.9. The lowest BCUT2D eigenvalue weighted by atomic mass is 9.95. The predicted octanol–water partition coefficient (Wildman–Crippen LogP) is 4.48. The van der Waals surface area contributed by atoms with Crippen LogP contribution in [0.4, 0.5) is 5.69 Å². The number of carbonyl (C=O) groups is 1. The number of methoxy groups -OCH3 is 4. The number of nitrogens with one attached hydrogen (secondary N) is 2. The van der Waals surface area contributed by atoms with Crippen molar-refractivity contribution in [2.75, 3.05) is 33.8 Å². The Kier molecular flexibility index (Phi) is 7.86. The molecule has 0 spiro atoms. The summed E-state index contributed by atoms with van der Waals surface area (Å²) in [6, 6.07) is 14.5. The summed E-state index contributed by atoms with van der Waals surface area (Å²) in [4.78, 5) is 25.5. The summed E-state index contributed by atoms with van der Waals surface area (Å²) >= 11 is 0. The Hall–Kier alpha value is -4.20. The molecule has 194 valence electrons. The molecule has 1 aliphatic carbocycles. The van der Waals surface area contributed by atoms with Crippen LogP contribution >= 0.6 is 0 Å². The number of hydrogen-bond acceptors (Lipinski definition) is 7. The highest BCUT2D eigenvalue weighted by atomic mass is 16.5. The summed E-state index contributed by atoms with van der Waals surface area (Å²) < 4.78 is 22.3. The van der Waals surface area contributed by atoms with Gasteiger partial charge < -0.3 is 29.6 Å². The van der Waals surface area contributed by atoms with Gasteiger partial charge in [-0.3, -0.25) is 9.59 Å². The quantitative estimate of drug-likeness (QED) is 0.467. The van der Waals surface area contributed by atoms with Crippen LogP contribution in [-0.2, 0) is 17.8 Å². The first-order valence-corrected chi connectivity index (χ1v) is 12.0. The van der Waals surface area contributed by atoms with Gasteiger partial charge in [-0.2, -0.15) is 0 Å². The summed E-state index contributed by atoms with van der Waals surface area (Å²) in [6.45, 7) is 1.95. The SMILES string of the molecule is COc1ccc(CNc2ccc3c(cc2=O)[C@H](NC(C)=O)CCc2cc(OC)c(OC)c(OC)c2-3)cc1. The maximum Gasteiger partial charge on any atom is 0.217 e. The van der Waals surface area contributed by atoms with E-state index in [1.807, 2.05) is 36.4 Å². The molecule has 0 heterocycles. The van der Waals surface area contributed by atoms with Crippen LogP contribution in [0.1, 0.15) is 36.1 Å². The van der Waals surface area contributed by atoms with Gasteiger partial charge in [0.2, 0.25) is 17.1 Å². The second kappa shape index (κ2) is 11.2. The van der Waals surface area contributed by atoms with Crippen LogP contribution in [0.3, 0.4) is 0 Å². The standard InChI is InChI=1S/C29H32N2O6/c1-17(32)31-23-12-8-19-14-26(35-3)28(36-4)29(37-5)27(19)21-11-13-24(25(33)15-22(21)23)30-16-18-6-9-20(34-2)10-7-18/h6-7,9-11,13-15,23H,8,12,16H2,1-5H3,(H,30,33)(H,31,32)/t23-/m1/s1. The molecule has 4 rings (SSSR count). The Morgan fingerprint density at radius 1 is 0.919 bits per heavy atom. The Balaban J connectivity index is 1.86. The second-order valence-corrected chi connectivity index (χ2v) is 8.80. The zero-order valence-corrected chi connectivity index (χ0v) is 21.8. The number of rotatable bonds is 8. The van der Waals surface area contributed by atoms with Crippen molar-refractivity contribution in [2.45, 2.75) is 32.4 Å². The van der Waals surface area contributed by atoms with Gasteiger partial charge in [-0.15, -0.1) is 0 Å². The van der Waals surface area contributed by atoms with Gasteiger partial charge in [0.05, 0.1) is 40.2 Å². The lowest BCUT2D eigenvalue weighted by Gasteiger charge is -2.19. The van der Waals surface area contributed by atoms with Crippen molar-refractivity contribution in [3.05, 3.63) is 75.4 Å². The fourth-order valence-corrected chi connectivity index (χ4v) is 4.79. The van der Waals surface area contributed by atoms with E-state index in [0.29, 0.717) is 42.3 Å². The van der Waals surface area contributed by atoms with Gasteiger partial charge in [-0.25, -0.2) is 0 Å². The molecule has 0 aliphatic heterocycles. The number of carbonyl (C=O) groups excluding carboxylic acids is 1. The molecule has 0 unspecified atom stereocenters. The zero-order valence-electron chi connectivity index (χ0n) is 21.8. The molecule has 3 aromatic carbocycles. The van der Waals surface area contributed by atoms with Gasteiger partial charge in [-0.05, 0) is 65.4 Å². The topological polar surface area (TPSA) is 95.1 Å². The van der Waals surface area contributed by atoms with Gasteiger partial charge >= 0.3 is 0 Å². The molecule has 1 aliphatic rings. The Labute approximate surface area is 216 Å². The molecule has 37 heavy (non-hydrogen) atoms. The molecule has 0 aromatic heterocycles. The van der Waals surface area contributed by atoms with E-state index in [2.05, 4.69) is 10.6 Å². The fraction of sp³-hybridized carbons (Fsp3) is 0.310. The first-order valence-electron chi connectivity index (χ1n) is 12.0. The monoisotopic (exact) mass is 504 g/mol. The van der Waals surface area contributed by atoms with Crippen molar-refractivity contribution in [1.82, 2.24) is 5.32 Å². The van der Waals surface area contributed by atoms with Crippen molar-refractivity contribution in [3.63, 3.8) is 0 Å². The van der Waals surface area contributed by atoms with E-state index in [0.717, 1.165) is 33.6 Å². The molecule has 0 fully saturated rings. The van der Waals surface area contributed by atoms with E-state index >= 15 is 0 Å². The van der Waals surface area contributed by atoms with E-state index < -0.39 is 0 Å². The van der Waals surface area contributed by atoms with Gasteiger partial charge in [-0.1, -0.05) is 18.2 Å². The van der Waals surface area contributed by atoms with Gasteiger partial charge in [0, 0.05) is 19.0 Å². The van der Waals surface area contributed by atoms with E-state index in [1.165, 1.54) is 6.92 Å². The number of fused-ring (bicyclic) bond motifs is 3. The van der Waals surface area contributed by atoms with Crippen LogP contribution in [0.25, 0.3) is 11.1 Å². The third-order valence-electron chi connectivity index (χ3n) is 6.56. The van der Waals surface area contributed by atoms with Crippen molar-refractivity contribution < 1.29 is 23.7 Å². The second-order valence-electron chi connectivity index (χ2n) is 8.80. The number of benzene rings is 2. The zero-order chi connectivity index (χ0) is 26.5. The van der Waals surface area contributed by atoms with Crippen LogP contribution in [0.2, 0.25) is 0 Å². The van der Waals surface area contributed by atoms with E-state index in [9.17, 15) is 9.59 Å². The van der Waals surface area contributed by atoms with E-state index in [1.54, 1.807) is 40.6 Å². The van der Waals surface area contributed by atoms with Crippen LogP contribution in [-0.4, -0.2) is 34.3 Å². The smallest absolute Gasteiger partial charge is 0.217 e. The van der Waals surface area contributed by atoms with Crippen LogP contribution < -0.4 is 35.0 Å². The highest BCUT2D eigenvalue weighted by Crippen LogP contribution is 2.50. The summed E-state index contributed by atoms with van der Waals surface area (Å²) in [5, 5.41) is 6.28. The lowest BCUT2D eigenvalue weighted by Crippen LogP contribution is -2.26. The van der Waals surface area contributed by atoms with Crippen molar-refractivity contribution in [1.29, 1.82) is 0 Å². The minimum absolute atomic E-state index is 0.166. The van der Waals surface area contributed by atoms with Crippen LogP contribution in [0.5, 0.6) is 23.0 Å². The molecule has 0 radical (unpaired) electrons. The first kappa shape index (κ1) is 25.9. The molecule has 0 saturated heterocycles. The highest BCUT2D eigenvalue weighted by molar-refractivity contribution is 5.83. The Morgan fingerprint density at radius 2 is 1.65 bits per heavy atom. The lowest BCUT2D eigenvalue weighted by molar-refractivity contribution is -0.119. The number of amides is 1. The van der Waals surface area contributed by atoms with Crippen LogP contribution in [0, 0.1) is 0 Å². The molecule has 0 saturated carbocycles. The number of aryl methyl sites for hydroxylation is 1. The van der Waals surface area contributed by atoms with Crippen molar-refractivity contribution >= 4 is 11.6 Å². The average molecular weight is 505 g/mol. The van der Waals surface area contributed by atoms with E-state index in [4.69, 9.17) is 18.9 Å². The molecule has 1 amide bonds. The summed E-state index contributed by atoms with van der Waals surface area (Å²) in [7, 11) is 6.35. The Morgan fingerprint density at radius 3 is 2.27 bits per heavy atom. The van der Waals surface area contributed by atoms with Crippen molar-refractivity contribution in [3.8, 4) is 34.1 Å². The van der Waals surface area contributed by atoms with Gasteiger partial charge in [0.25, 0.3) is 0 Å². The molecular weight excluding hydrogens is 472 g/mol. The average Bonchev–Trinajstić information content (AvgIpc) is 3.15. The largest absolute Gasteiger partial charge is 0.497 e. The van der Waals surface area contributed by atoms with Gasteiger partial charge in [0.15, 0.2) is 11.5 Å². The summed E-state index contributed by atoms with van der Waals surface area (Å²) in [5.41, 5.74) is 4.60. The third-order valence-corrected chi connectivity index (χ3v) is 6.56. The molecule has 3 aromatic rings. The molecular formula is C29H32N2O6. The maximum atomic E-state index is 13.4. The van der Waals surface area contributed by atoms with Crippen molar-refractivity contribution in [2.24, 2.45) is 0 Å². The number of ether oxygens (including phenoxy) is 4. The first-order chi connectivity index (χ1) is 17.9. The highest BCUT2D eigenvalue weighted by Gasteiger charge is 2.29. The van der Waals surface area contributed by atoms with E-state index in [-0.39, 0.29) is 17.4 Å². The maximum absolute atomic E-state index is 13.4.